The number of nitrogens with zero attached hydrogens (tertiary/aromatic N) is 2. The van der Waals surface area contributed by atoms with Gasteiger partial charge < -0.3 is 5.32 Å². The second-order valence-electron chi connectivity index (χ2n) is 4.97. The van der Waals surface area contributed by atoms with E-state index >= 15 is 0 Å². The lowest BCUT2D eigenvalue weighted by molar-refractivity contribution is 0.572. The van der Waals surface area contributed by atoms with Gasteiger partial charge in [0.25, 0.3) is 0 Å². The van der Waals surface area contributed by atoms with Crippen molar-refractivity contribution in [1.82, 2.24) is 15.3 Å². The molecular formula is C15H17N3. The molecule has 3 heteroatoms. The maximum absolute atomic E-state index is 4.63. The van der Waals surface area contributed by atoms with E-state index in [-0.39, 0.29) is 0 Å². The van der Waals surface area contributed by atoms with Gasteiger partial charge in [-0.05, 0) is 43.5 Å². The summed E-state index contributed by atoms with van der Waals surface area (Å²) in [6, 6.07) is 4.58. The largest absolute Gasteiger partial charge is 0.306 e. The number of rotatable bonds is 0. The summed E-state index contributed by atoms with van der Waals surface area (Å²) < 4.78 is 0. The van der Waals surface area contributed by atoms with Crippen molar-refractivity contribution >= 4 is 0 Å². The van der Waals surface area contributed by atoms with Crippen LogP contribution in [-0.2, 0) is 6.54 Å². The van der Waals surface area contributed by atoms with Crippen LogP contribution >= 0.6 is 0 Å². The number of pyridine rings is 2. The van der Waals surface area contributed by atoms with E-state index in [1.165, 1.54) is 22.3 Å². The van der Waals surface area contributed by atoms with Gasteiger partial charge in [0, 0.05) is 36.2 Å². The Bertz CT molecular complexity index is 605. The summed E-state index contributed by atoms with van der Waals surface area (Å²) in [7, 11) is 0. The van der Waals surface area contributed by atoms with Gasteiger partial charge in [0.1, 0.15) is 0 Å². The van der Waals surface area contributed by atoms with E-state index in [1.807, 2.05) is 12.4 Å². The summed E-state index contributed by atoms with van der Waals surface area (Å²) in [5.74, 6) is 0. The maximum Gasteiger partial charge on any atom is 0.0735 e. The first kappa shape index (κ1) is 11.4. The van der Waals surface area contributed by atoms with Gasteiger partial charge in [-0.2, -0.15) is 0 Å². The Hall–Kier alpha value is -1.74. The molecule has 0 aromatic carbocycles. The molecule has 4 rings (SSSR count). The van der Waals surface area contributed by atoms with Gasteiger partial charge in [0.2, 0.25) is 0 Å². The number of aromatic nitrogens is 2. The van der Waals surface area contributed by atoms with E-state index in [1.54, 1.807) is 0 Å². The Balaban J connectivity index is 2.33. The van der Waals surface area contributed by atoms with Crippen molar-refractivity contribution in [3.8, 4) is 11.3 Å². The molecule has 4 heterocycles. The predicted octanol–water partition coefficient (Wildman–Crippen LogP) is 2.92. The lowest BCUT2D eigenvalue weighted by Crippen LogP contribution is -2.19. The molecule has 0 fully saturated rings. The Kier molecular flexibility index (Phi) is 2.63. The lowest BCUT2D eigenvalue weighted by Gasteiger charge is -2.18. The summed E-state index contributed by atoms with van der Waals surface area (Å²) in [5, 5.41) is 3.54. The van der Waals surface area contributed by atoms with Crippen molar-refractivity contribution in [1.29, 1.82) is 0 Å². The van der Waals surface area contributed by atoms with Gasteiger partial charge in [0.15, 0.2) is 0 Å². The highest BCUT2D eigenvalue weighted by atomic mass is 14.9. The average molecular weight is 239 g/mol. The van der Waals surface area contributed by atoms with Crippen LogP contribution < -0.4 is 5.32 Å². The second kappa shape index (κ2) is 4.18. The van der Waals surface area contributed by atoms with Crippen molar-refractivity contribution < 1.29 is 0 Å². The normalized spacial score (nSPS) is 17.8. The van der Waals surface area contributed by atoms with E-state index in [0.717, 1.165) is 17.9 Å². The Labute approximate surface area is 107 Å². The lowest BCUT2D eigenvalue weighted by atomic mass is 9.96. The first-order valence-corrected chi connectivity index (χ1v) is 6.31. The molecule has 0 spiro atoms. The summed E-state index contributed by atoms with van der Waals surface area (Å²) >= 11 is 0. The van der Waals surface area contributed by atoms with Gasteiger partial charge in [-0.3, -0.25) is 9.97 Å². The van der Waals surface area contributed by atoms with Gasteiger partial charge in [-0.25, -0.2) is 0 Å². The minimum Gasteiger partial charge on any atom is -0.306 e. The Morgan fingerprint density at radius 3 is 2.89 bits per heavy atom. The third-order valence-corrected chi connectivity index (χ3v) is 3.62. The van der Waals surface area contributed by atoms with Crippen molar-refractivity contribution in [2.24, 2.45) is 0 Å². The van der Waals surface area contributed by atoms with Crippen LogP contribution in [0.3, 0.4) is 0 Å². The molecule has 2 aliphatic heterocycles. The van der Waals surface area contributed by atoms with Crippen molar-refractivity contribution in [3.63, 3.8) is 0 Å². The fourth-order valence-electron chi connectivity index (χ4n) is 2.72. The van der Waals surface area contributed by atoms with E-state index in [2.05, 4.69) is 48.2 Å². The molecule has 1 atom stereocenters. The summed E-state index contributed by atoms with van der Waals surface area (Å²) in [5.41, 5.74) is 7.10. The Morgan fingerprint density at radius 2 is 2.11 bits per heavy atom. The van der Waals surface area contributed by atoms with Crippen molar-refractivity contribution in [2.75, 3.05) is 0 Å². The molecule has 2 aromatic rings. The predicted molar refractivity (Wildman–Crippen MR) is 72.2 cm³/mol. The van der Waals surface area contributed by atoms with Crippen LogP contribution in [-0.4, -0.2) is 9.97 Å². The zero-order valence-corrected chi connectivity index (χ0v) is 11.0. The second-order valence-corrected chi connectivity index (χ2v) is 4.97. The maximum atomic E-state index is 4.63. The monoisotopic (exact) mass is 239 g/mol. The zero-order valence-electron chi connectivity index (χ0n) is 11.0. The number of hydrogen-bond acceptors (Lipinski definition) is 3. The van der Waals surface area contributed by atoms with Crippen molar-refractivity contribution in [2.45, 2.75) is 33.4 Å². The standard InChI is InChI=1S/C15H17N3/c1-9-6-12-7-17-11(3)14-10(2)16-5-4-13(14)15(9)18-8-12/h4-6,8,11,17H,7H2,1-3H3/t11-/m1/s1. The molecule has 0 saturated heterocycles. The molecule has 18 heavy (non-hydrogen) atoms. The highest BCUT2D eigenvalue weighted by molar-refractivity contribution is 5.68. The molecule has 0 unspecified atom stereocenters. The SMILES string of the molecule is Cc1cc2cnc1-c1ccnc(C)c1[C@@H](C)NC2. The highest BCUT2D eigenvalue weighted by Crippen LogP contribution is 2.32. The van der Waals surface area contributed by atoms with Crippen LogP contribution in [0, 0.1) is 13.8 Å². The van der Waals surface area contributed by atoms with E-state index in [4.69, 9.17) is 0 Å². The third-order valence-electron chi connectivity index (χ3n) is 3.62. The first-order valence-electron chi connectivity index (χ1n) is 6.31. The van der Waals surface area contributed by atoms with Crippen LogP contribution in [0.5, 0.6) is 0 Å². The molecule has 0 amide bonds. The number of fused-ring (bicyclic) bond motifs is 4. The van der Waals surface area contributed by atoms with Crippen LogP contribution in [0.25, 0.3) is 11.3 Å². The smallest absolute Gasteiger partial charge is 0.0735 e. The molecule has 0 radical (unpaired) electrons. The number of hydrogen-bond donors (Lipinski definition) is 1. The van der Waals surface area contributed by atoms with E-state index in [9.17, 15) is 0 Å². The van der Waals surface area contributed by atoms with Gasteiger partial charge in [0.05, 0.1) is 5.69 Å². The van der Waals surface area contributed by atoms with Gasteiger partial charge in [-0.15, -0.1) is 0 Å². The summed E-state index contributed by atoms with van der Waals surface area (Å²) in [6.45, 7) is 7.23. The summed E-state index contributed by atoms with van der Waals surface area (Å²) in [4.78, 5) is 9.05. The van der Waals surface area contributed by atoms with E-state index in [0.29, 0.717) is 6.04 Å². The molecule has 2 aliphatic rings. The van der Waals surface area contributed by atoms with Crippen LogP contribution in [0.15, 0.2) is 24.5 Å². The minimum absolute atomic E-state index is 0.291. The first-order chi connectivity index (χ1) is 8.66. The minimum atomic E-state index is 0.291. The number of nitrogens with one attached hydrogen (secondary N) is 1. The third kappa shape index (κ3) is 1.71. The summed E-state index contributed by atoms with van der Waals surface area (Å²) in [6.07, 6.45) is 3.83. The van der Waals surface area contributed by atoms with E-state index < -0.39 is 0 Å². The molecule has 2 aromatic heterocycles. The van der Waals surface area contributed by atoms with Gasteiger partial charge in [-0.1, -0.05) is 6.07 Å². The molecule has 1 N–H and O–H groups in total. The Morgan fingerprint density at radius 1 is 1.28 bits per heavy atom. The topological polar surface area (TPSA) is 37.8 Å². The highest BCUT2D eigenvalue weighted by Gasteiger charge is 2.19. The van der Waals surface area contributed by atoms with Gasteiger partial charge >= 0.3 is 0 Å². The molecule has 2 bridgehead atoms. The van der Waals surface area contributed by atoms with Crippen LogP contribution in [0.2, 0.25) is 0 Å². The zero-order chi connectivity index (χ0) is 12.7. The van der Waals surface area contributed by atoms with Crippen LogP contribution in [0.4, 0.5) is 0 Å². The average Bonchev–Trinajstić information content (AvgIpc) is 2.44. The molecule has 0 aliphatic carbocycles. The fraction of sp³-hybridized carbons (Fsp3) is 0.333. The molecule has 3 nitrogen and oxygen atoms in total. The quantitative estimate of drug-likeness (QED) is 0.768. The molecule has 92 valence electrons. The van der Waals surface area contributed by atoms with Crippen molar-refractivity contribution in [3.05, 3.63) is 46.9 Å². The fourth-order valence-corrected chi connectivity index (χ4v) is 2.72. The van der Waals surface area contributed by atoms with Crippen LogP contribution in [0.1, 0.15) is 35.3 Å². The molecular weight excluding hydrogens is 222 g/mol. The molecule has 0 saturated carbocycles. The number of aryl methyl sites for hydroxylation is 2.